The van der Waals surface area contributed by atoms with Gasteiger partial charge in [0.1, 0.15) is 22.9 Å². The molecule has 4 N–H and O–H groups in total. The minimum Gasteiger partial charge on any atom is -0.382 e. The van der Waals surface area contributed by atoms with Gasteiger partial charge in [-0.05, 0) is 56.6 Å². The standard InChI is InChI=1S/C28H30N6O/c29-26-25-24(23-16-21-8-4-5-9-22(21)32-23)33-27(34(25)15-14-30-26)19-12-10-18(11-13-19)17-31-28(35)20-6-2-1-3-7-20/h2,4-9,14-16,18-19,32H,1,3,10-13,17H2,(H2,29,30)(H,31,35). The molecule has 3 heterocycles. The molecule has 6 rings (SSSR count). The van der Waals surface area contributed by atoms with Gasteiger partial charge < -0.3 is 16.0 Å². The van der Waals surface area contributed by atoms with Gasteiger partial charge in [-0.15, -0.1) is 0 Å². The van der Waals surface area contributed by atoms with Crippen molar-refractivity contribution in [3.05, 3.63) is 72.4 Å². The second-order valence-corrected chi connectivity index (χ2v) is 9.69. The number of anilines is 1. The Hall–Kier alpha value is -3.87. The molecule has 4 aromatic rings. The highest BCUT2D eigenvalue weighted by Gasteiger charge is 2.28. The molecule has 0 spiro atoms. The van der Waals surface area contributed by atoms with Crippen LogP contribution in [0.4, 0.5) is 5.82 Å². The number of hydrogen-bond donors (Lipinski definition) is 3. The summed E-state index contributed by atoms with van der Waals surface area (Å²) >= 11 is 0. The monoisotopic (exact) mass is 466 g/mol. The Morgan fingerprint density at radius 1 is 1.17 bits per heavy atom. The fourth-order valence-corrected chi connectivity index (χ4v) is 5.51. The van der Waals surface area contributed by atoms with Crippen molar-refractivity contribution in [1.29, 1.82) is 0 Å². The first-order valence-corrected chi connectivity index (χ1v) is 12.5. The number of imidazole rings is 1. The van der Waals surface area contributed by atoms with Gasteiger partial charge in [-0.2, -0.15) is 0 Å². The molecule has 35 heavy (non-hydrogen) atoms. The van der Waals surface area contributed by atoms with Crippen LogP contribution in [0.2, 0.25) is 0 Å². The molecule has 0 bridgehead atoms. The van der Waals surface area contributed by atoms with Crippen LogP contribution in [0.25, 0.3) is 27.8 Å². The number of aromatic amines is 1. The lowest BCUT2D eigenvalue weighted by atomic mass is 9.81. The molecule has 1 saturated carbocycles. The third-order valence-corrected chi connectivity index (χ3v) is 7.42. The number of nitrogens with zero attached hydrogens (tertiary/aromatic N) is 3. The summed E-state index contributed by atoms with van der Waals surface area (Å²) in [6.07, 6.45) is 15.9. The number of nitrogen functional groups attached to an aromatic ring is 1. The van der Waals surface area contributed by atoms with Gasteiger partial charge >= 0.3 is 0 Å². The van der Waals surface area contributed by atoms with Crippen molar-refractivity contribution in [1.82, 2.24) is 24.7 Å². The third-order valence-electron chi connectivity index (χ3n) is 7.42. The average molecular weight is 467 g/mol. The number of nitrogens with two attached hydrogens (primary N) is 1. The molecule has 7 nitrogen and oxygen atoms in total. The normalized spacial score (nSPS) is 20.3. The molecule has 7 heteroatoms. The van der Waals surface area contributed by atoms with Crippen LogP contribution in [0.3, 0.4) is 0 Å². The van der Waals surface area contributed by atoms with Crippen LogP contribution < -0.4 is 11.1 Å². The number of allylic oxidation sites excluding steroid dienone is 2. The second-order valence-electron chi connectivity index (χ2n) is 9.69. The van der Waals surface area contributed by atoms with Crippen molar-refractivity contribution in [3.63, 3.8) is 0 Å². The van der Waals surface area contributed by atoms with Gasteiger partial charge in [0.15, 0.2) is 0 Å². The molecule has 1 aromatic carbocycles. The Labute approximate surface area is 204 Å². The van der Waals surface area contributed by atoms with Crippen LogP contribution in [0.15, 0.2) is 66.5 Å². The van der Waals surface area contributed by atoms with E-state index in [1.54, 1.807) is 6.20 Å². The van der Waals surface area contributed by atoms with Gasteiger partial charge in [0.2, 0.25) is 0 Å². The predicted octanol–water partition coefficient (Wildman–Crippen LogP) is 5.13. The minimum atomic E-state index is 0.0493. The van der Waals surface area contributed by atoms with Crippen molar-refractivity contribution < 1.29 is 4.79 Å². The Morgan fingerprint density at radius 2 is 2.03 bits per heavy atom. The van der Waals surface area contributed by atoms with Crippen LogP contribution >= 0.6 is 0 Å². The van der Waals surface area contributed by atoms with Crippen LogP contribution in [-0.2, 0) is 4.79 Å². The summed E-state index contributed by atoms with van der Waals surface area (Å²) in [6.45, 7) is 0.732. The number of fused-ring (bicyclic) bond motifs is 2. The van der Waals surface area contributed by atoms with Crippen molar-refractivity contribution in [3.8, 4) is 11.4 Å². The molecule has 1 amide bonds. The molecule has 0 radical (unpaired) electrons. The highest BCUT2D eigenvalue weighted by atomic mass is 16.1. The molecule has 2 aliphatic carbocycles. The van der Waals surface area contributed by atoms with E-state index >= 15 is 0 Å². The zero-order valence-corrected chi connectivity index (χ0v) is 19.7. The van der Waals surface area contributed by atoms with E-state index in [9.17, 15) is 4.79 Å². The maximum Gasteiger partial charge on any atom is 0.250 e. The SMILES string of the molecule is Nc1nccn2c(C3CCC(CNC(=O)C4=CCCC=C4)CC3)nc(-c3cc4ccccc4[nH]3)c12. The van der Waals surface area contributed by atoms with E-state index in [1.807, 2.05) is 30.5 Å². The van der Waals surface area contributed by atoms with Gasteiger partial charge in [0.25, 0.3) is 5.91 Å². The Balaban J connectivity index is 1.21. The first kappa shape index (κ1) is 21.6. The lowest BCUT2D eigenvalue weighted by molar-refractivity contribution is -0.117. The van der Waals surface area contributed by atoms with E-state index in [2.05, 4.69) is 44.0 Å². The van der Waals surface area contributed by atoms with Crippen LogP contribution in [-0.4, -0.2) is 31.8 Å². The molecule has 178 valence electrons. The smallest absolute Gasteiger partial charge is 0.250 e. The quantitative estimate of drug-likeness (QED) is 0.380. The van der Waals surface area contributed by atoms with Crippen LogP contribution in [0, 0.1) is 5.92 Å². The first-order chi connectivity index (χ1) is 17.2. The van der Waals surface area contributed by atoms with Crippen molar-refractivity contribution in [2.24, 2.45) is 5.92 Å². The fourth-order valence-electron chi connectivity index (χ4n) is 5.51. The Morgan fingerprint density at radius 3 is 2.83 bits per heavy atom. The summed E-state index contributed by atoms with van der Waals surface area (Å²) < 4.78 is 2.12. The van der Waals surface area contributed by atoms with Gasteiger partial charge in [-0.3, -0.25) is 9.20 Å². The Kier molecular flexibility index (Phi) is 5.60. The topological polar surface area (TPSA) is 101 Å². The predicted molar refractivity (Wildman–Crippen MR) is 139 cm³/mol. The number of benzene rings is 1. The maximum atomic E-state index is 12.4. The molecule has 0 saturated heterocycles. The molecule has 1 fully saturated rings. The van der Waals surface area contributed by atoms with Crippen molar-refractivity contribution in [2.45, 2.75) is 44.4 Å². The number of carbonyl (C=O) groups excluding carboxylic acids is 1. The zero-order valence-electron chi connectivity index (χ0n) is 19.7. The second kappa shape index (κ2) is 9.06. The van der Waals surface area contributed by atoms with Gasteiger partial charge in [-0.25, -0.2) is 9.97 Å². The largest absolute Gasteiger partial charge is 0.382 e. The number of nitrogens with one attached hydrogen (secondary N) is 2. The van der Waals surface area contributed by atoms with E-state index in [4.69, 9.17) is 10.7 Å². The number of hydrogen-bond acceptors (Lipinski definition) is 4. The summed E-state index contributed by atoms with van der Waals surface area (Å²) in [7, 11) is 0. The molecule has 3 aromatic heterocycles. The molecular formula is C28H30N6O. The fraction of sp³-hybridized carbons (Fsp3) is 0.321. The summed E-state index contributed by atoms with van der Waals surface area (Å²) in [4.78, 5) is 25.4. The van der Waals surface area contributed by atoms with E-state index in [-0.39, 0.29) is 5.91 Å². The molecule has 2 aliphatic rings. The lowest BCUT2D eigenvalue weighted by Gasteiger charge is -2.28. The summed E-state index contributed by atoms with van der Waals surface area (Å²) in [5, 5.41) is 4.29. The van der Waals surface area contributed by atoms with E-state index in [0.29, 0.717) is 17.7 Å². The van der Waals surface area contributed by atoms with Gasteiger partial charge in [0, 0.05) is 41.3 Å². The van der Waals surface area contributed by atoms with E-state index < -0.39 is 0 Å². The highest BCUT2D eigenvalue weighted by molar-refractivity contribution is 5.96. The van der Waals surface area contributed by atoms with Gasteiger partial charge in [-0.1, -0.05) is 36.4 Å². The maximum absolute atomic E-state index is 12.4. The average Bonchev–Trinajstić information content (AvgIpc) is 3.51. The van der Waals surface area contributed by atoms with Crippen LogP contribution in [0.1, 0.15) is 50.3 Å². The Bertz CT molecular complexity index is 1420. The first-order valence-electron chi connectivity index (χ1n) is 12.5. The van der Waals surface area contributed by atoms with E-state index in [0.717, 1.165) is 84.3 Å². The number of carbonyl (C=O) groups is 1. The lowest BCUT2D eigenvalue weighted by Crippen LogP contribution is -2.32. The number of para-hydroxylation sites is 1. The zero-order chi connectivity index (χ0) is 23.8. The molecule has 0 unspecified atom stereocenters. The third kappa shape index (κ3) is 4.11. The van der Waals surface area contributed by atoms with E-state index in [1.165, 1.54) is 0 Å². The number of H-pyrrole nitrogens is 1. The summed E-state index contributed by atoms with van der Waals surface area (Å²) in [6, 6.07) is 10.4. The molecular weight excluding hydrogens is 436 g/mol. The van der Waals surface area contributed by atoms with Crippen molar-refractivity contribution in [2.75, 3.05) is 12.3 Å². The molecule has 0 aliphatic heterocycles. The molecule has 0 atom stereocenters. The summed E-state index contributed by atoms with van der Waals surface area (Å²) in [5.41, 5.74) is 10.9. The number of amides is 1. The van der Waals surface area contributed by atoms with Gasteiger partial charge in [0.05, 0.1) is 5.69 Å². The summed E-state index contributed by atoms with van der Waals surface area (Å²) in [5.74, 6) is 2.42. The number of aromatic nitrogens is 4. The van der Waals surface area contributed by atoms with Crippen LogP contribution in [0.5, 0.6) is 0 Å². The highest BCUT2D eigenvalue weighted by Crippen LogP contribution is 2.38. The minimum absolute atomic E-state index is 0.0493. The van der Waals surface area contributed by atoms with Crippen molar-refractivity contribution >= 4 is 28.1 Å². The number of rotatable bonds is 5.